The van der Waals surface area contributed by atoms with Gasteiger partial charge in [-0.05, 0) is 65.8 Å². The first-order chi connectivity index (χ1) is 21.8. The summed E-state index contributed by atoms with van der Waals surface area (Å²) >= 11 is 6.04. The molecule has 0 aliphatic carbocycles. The van der Waals surface area contributed by atoms with Crippen molar-refractivity contribution in [3.05, 3.63) is 136 Å². The third-order valence-corrected chi connectivity index (χ3v) is 10.3. The number of nitrogens with one attached hydrogen (secondary N) is 1. The van der Waals surface area contributed by atoms with Crippen LogP contribution in [0.15, 0.2) is 114 Å². The van der Waals surface area contributed by atoms with Gasteiger partial charge >= 0.3 is 0 Å². The molecule has 2 amide bonds. The molecule has 4 aromatic carbocycles. The molecule has 1 atom stereocenters. The van der Waals surface area contributed by atoms with E-state index >= 15 is 0 Å². The van der Waals surface area contributed by atoms with Crippen molar-refractivity contribution in [1.29, 1.82) is 0 Å². The SMILES string of the molecule is O=C(NCc1ccc(Cl)cc1)C(Cc1ccccc1)N(Cc1ccccc1)C(=O)CCc1ccc(S(=O)(=O)N2CCCC2)cc1. The first kappa shape index (κ1) is 32.4. The van der Waals surface area contributed by atoms with Gasteiger partial charge in [0.05, 0.1) is 4.90 Å². The monoisotopic (exact) mass is 643 g/mol. The van der Waals surface area contributed by atoms with E-state index in [1.807, 2.05) is 72.8 Å². The highest BCUT2D eigenvalue weighted by Crippen LogP contribution is 2.22. The van der Waals surface area contributed by atoms with Crippen LogP contribution in [0.2, 0.25) is 5.02 Å². The van der Waals surface area contributed by atoms with E-state index in [0.717, 1.165) is 35.1 Å². The van der Waals surface area contributed by atoms with Crippen molar-refractivity contribution >= 4 is 33.4 Å². The summed E-state index contributed by atoms with van der Waals surface area (Å²) in [5.74, 6) is -0.398. The fourth-order valence-electron chi connectivity index (χ4n) is 5.54. The van der Waals surface area contributed by atoms with Gasteiger partial charge in [0.25, 0.3) is 0 Å². The normalized spacial score (nSPS) is 14.2. The van der Waals surface area contributed by atoms with E-state index in [-0.39, 0.29) is 29.7 Å². The summed E-state index contributed by atoms with van der Waals surface area (Å²) in [7, 11) is -3.51. The molecule has 1 fully saturated rings. The topological polar surface area (TPSA) is 86.8 Å². The van der Waals surface area contributed by atoms with Crippen LogP contribution in [0.25, 0.3) is 0 Å². The standard InChI is InChI=1S/C36H38ClN3O4S/c37-32-18-13-30(14-19-32)26-38-36(42)34(25-29-9-3-1-4-10-29)40(27-31-11-5-2-6-12-31)35(41)22-17-28-15-20-33(21-16-28)45(43,44)39-23-7-8-24-39/h1-6,9-16,18-21,34H,7-8,17,22-27H2,(H,38,42). The smallest absolute Gasteiger partial charge is 0.243 e. The maximum absolute atomic E-state index is 14.0. The van der Waals surface area contributed by atoms with Gasteiger partial charge in [0.1, 0.15) is 6.04 Å². The third kappa shape index (κ3) is 8.81. The van der Waals surface area contributed by atoms with Crippen LogP contribution in [0, 0.1) is 0 Å². The Bertz CT molecular complexity index is 1660. The van der Waals surface area contributed by atoms with Gasteiger partial charge in [-0.15, -0.1) is 0 Å². The molecule has 1 heterocycles. The van der Waals surface area contributed by atoms with Crippen molar-refractivity contribution < 1.29 is 18.0 Å². The Labute approximate surface area is 270 Å². The number of carbonyl (C=O) groups is 2. The first-order valence-electron chi connectivity index (χ1n) is 15.3. The number of nitrogens with zero attached hydrogens (tertiary/aromatic N) is 2. The molecule has 1 saturated heterocycles. The van der Waals surface area contributed by atoms with Gasteiger partial charge in [-0.1, -0.05) is 96.5 Å². The van der Waals surface area contributed by atoms with Crippen LogP contribution in [0.5, 0.6) is 0 Å². The van der Waals surface area contributed by atoms with Crippen molar-refractivity contribution in [2.75, 3.05) is 13.1 Å². The van der Waals surface area contributed by atoms with E-state index in [4.69, 9.17) is 11.6 Å². The molecule has 0 aromatic heterocycles. The maximum atomic E-state index is 14.0. The molecule has 1 aliphatic rings. The van der Waals surface area contributed by atoms with Gasteiger partial charge in [0.2, 0.25) is 21.8 Å². The zero-order chi connectivity index (χ0) is 31.6. The lowest BCUT2D eigenvalue weighted by Gasteiger charge is -2.31. The number of hydrogen-bond donors (Lipinski definition) is 1. The number of benzene rings is 4. The zero-order valence-corrected chi connectivity index (χ0v) is 26.7. The predicted molar refractivity (Wildman–Crippen MR) is 177 cm³/mol. The summed E-state index contributed by atoms with van der Waals surface area (Å²) in [6.45, 7) is 1.68. The molecular formula is C36H38ClN3O4S. The minimum Gasteiger partial charge on any atom is -0.350 e. The summed E-state index contributed by atoms with van der Waals surface area (Å²) in [6, 6.07) is 32.7. The number of amides is 2. The largest absolute Gasteiger partial charge is 0.350 e. The van der Waals surface area contributed by atoms with Gasteiger partial charge in [0, 0.05) is 44.0 Å². The Hall–Kier alpha value is -3.98. The van der Waals surface area contributed by atoms with Crippen LogP contribution < -0.4 is 5.32 Å². The number of hydrogen-bond acceptors (Lipinski definition) is 4. The Morgan fingerprint density at radius 1 is 0.756 bits per heavy atom. The Balaban J connectivity index is 1.35. The lowest BCUT2D eigenvalue weighted by molar-refractivity contribution is -0.141. The van der Waals surface area contributed by atoms with Crippen LogP contribution in [0.1, 0.15) is 41.5 Å². The van der Waals surface area contributed by atoms with E-state index in [1.165, 1.54) is 4.31 Å². The predicted octanol–water partition coefficient (Wildman–Crippen LogP) is 6.01. The molecule has 5 rings (SSSR count). The van der Waals surface area contributed by atoms with Crippen molar-refractivity contribution in [2.45, 2.75) is 56.1 Å². The number of carbonyl (C=O) groups excluding carboxylic acids is 2. The fourth-order valence-corrected chi connectivity index (χ4v) is 7.19. The fraction of sp³-hybridized carbons (Fsp3) is 0.278. The number of halogens is 1. The summed E-state index contributed by atoms with van der Waals surface area (Å²) in [4.78, 5) is 29.8. The third-order valence-electron chi connectivity index (χ3n) is 8.10. The second-order valence-corrected chi connectivity index (χ2v) is 13.7. The van der Waals surface area contributed by atoms with Crippen LogP contribution in [-0.2, 0) is 45.5 Å². The molecule has 1 aliphatic heterocycles. The molecular weight excluding hydrogens is 606 g/mol. The molecule has 1 N–H and O–H groups in total. The molecule has 0 saturated carbocycles. The van der Waals surface area contributed by atoms with E-state index in [9.17, 15) is 18.0 Å². The second kappa shape index (κ2) is 15.3. The molecule has 7 nitrogen and oxygen atoms in total. The van der Waals surface area contributed by atoms with Crippen LogP contribution >= 0.6 is 11.6 Å². The van der Waals surface area contributed by atoms with Crippen molar-refractivity contribution in [2.24, 2.45) is 0 Å². The molecule has 1 unspecified atom stereocenters. The number of sulfonamides is 1. The molecule has 0 spiro atoms. The minimum absolute atomic E-state index is 0.157. The lowest BCUT2D eigenvalue weighted by atomic mass is 10.0. The van der Waals surface area contributed by atoms with Crippen molar-refractivity contribution in [3.8, 4) is 0 Å². The number of aryl methyl sites for hydroxylation is 1. The first-order valence-corrected chi connectivity index (χ1v) is 17.1. The van der Waals surface area contributed by atoms with E-state index < -0.39 is 16.1 Å². The lowest BCUT2D eigenvalue weighted by Crippen LogP contribution is -2.50. The van der Waals surface area contributed by atoms with E-state index in [0.29, 0.717) is 37.5 Å². The van der Waals surface area contributed by atoms with E-state index in [2.05, 4.69) is 5.32 Å². The minimum atomic E-state index is -3.51. The molecule has 234 valence electrons. The van der Waals surface area contributed by atoms with Crippen molar-refractivity contribution in [3.63, 3.8) is 0 Å². The van der Waals surface area contributed by atoms with Gasteiger partial charge in [-0.3, -0.25) is 9.59 Å². The van der Waals surface area contributed by atoms with Crippen LogP contribution in [0.4, 0.5) is 0 Å². The van der Waals surface area contributed by atoms with Gasteiger partial charge in [-0.2, -0.15) is 4.31 Å². The number of rotatable bonds is 13. The molecule has 9 heteroatoms. The summed E-state index contributed by atoms with van der Waals surface area (Å²) in [5, 5.41) is 3.66. The van der Waals surface area contributed by atoms with Crippen LogP contribution in [-0.4, -0.2) is 48.6 Å². The molecule has 0 bridgehead atoms. The summed E-state index contributed by atoms with van der Waals surface area (Å²) in [5.41, 5.74) is 3.63. The average Bonchev–Trinajstić information content (AvgIpc) is 3.62. The highest BCUT2D eigenvalue weighted by molar-refractivity contribution is 7.89. The summed E-state index contributed by atoms with van der Waals surface area (Å²) < 4.78 is 27.4. The highest BCUT2D eigenvalue weighted by Gasteiger charge is 2.30. The highest BCUT2D eigenvalue weighted by atomic mass is 35.5. The quantitative estimate of drug-likeness (QED) is 0.193. The maximum Gasteiger partial charge on any atom is 0.243 e. The average molecular weight is 644 g/mol. The van der Waals surface area contributed by atoms with E-state index in [1.54, 1.807) is 41.3 Å². The van der Waals surface area contributed by atoms with Crippen molar-refractivity contribution in [1.82, 2.24) is 14.5 Å². The Morgan fingerprint density at radius 3 is 1.96 bits per heavy atom. The summed E-state index contributed by atoms with van der Waals surface area (Å²) in [6.07, 6.45) is 2.70. The zero-order valence-electron chi connectivity index (χ0n) is 25.1. The second-order valence-electron chi connectivity index (χ2n) is 11.3. The van der Waals surface area contributed by atoms with Gasteiger partial charge < -0.3 is 10.2 Å². The van der Waals surface area contributed by atoms with Crippen LogP contribution in [0.3, 0.4) is 0 Å². The Kier molecular flexibility index (Phi) is 11.1. The molecule has 0 radical (unpaired) electrons. The Morgan fingerprint density at radius 2 is 1.33 bits per heavy atom. The molecule has 45 heavy (non-hydrogen) atoms. The van der Waals surface area contributed by atoms with Gasteiger partial charge in [-0.25, -0.2) is 8.42 Å². The van der Waals surface area contributed by atoms with Gasteiger partial charge in [0.15, 0.2) is 0 Å². The molecule has 4 aromatic rings.